The van der Waals surface area contributed by atoms with Crippen molar-refractivity contribution in [2.75, 3.05) is 40.3 Å². The van der Waals surface area contributed by atoms with E-state index < -0.39 is 17.9 Å². The summed E-state index contributed by atoms with van der Waals surface area (Å²) in [5, 5.41) is 2.39. The molecule has 1 aromatic carbocycles. The van der Waals surface area contributed by atoms with E-state index >= 15 is 0 Å². The van der Waals surface area contributed by atoms with Gasteiger partial charge in [0.05, 0.1) is 13.1 Å². The first-order valence-corrected chi connectivity index (χ1v) is 9.11. The zero-order valence-electron chi connectivity index (χ0n) is 16.5. The molecule has 0 fully saturated rings. The van der Waals surface area contributed by atoms with E-state index in [1.54, 1.807) is 7.05 Å². The number of aliphatic imine (C=N–C) groups is 1. The number of amides is 3. The topological polar surface area (TPSA) is 120 Å². The summed E-state index contributed by atoms with van der Waals surface area (Å²) in [5.41, 5.74) is 3.38. The molecule has 29 heavy (non-hydrogen) atoms. The van der Waals surface area contributed by atoms with Gasteiger partial charge in [-0.1, -0.05) is 30.3 Å². The number of amidine groups is 1. The van der Waals surface area contributed by atoms with Crippen LogP contribution in [0.2, 0.25) is 0 Å². The third-order valence-electron chi connectivity index (χ3n) is 4.30. The highest BCUT2D eigenvalue weighted by Crippen LogP contribution is 2.17. The van der Waals surface area contributed by atoms with E-state index in [0.29, 0.717) is 12.1 Å². The van der Waals surface area contributed by atoms with Crippen molar-refractivity contribution in [3.63, 3.8) is 0 Å². The molecular weight excluding hydrogens is 378 g/mol. The number of carbonyl (C=O) groups excluding carboxylic acids is 4. The molecule has 1 unspecified atom stereocenters. The molecule has 156 valence electrons. The highest BCUT2D eigenvalue weighted by Gasteiger charge is 2.38. The Balaban J connectivity index is 2.23. The second-order valence-electron chi connectivity index (χ2n) is 6.36. The van der Waals surface area contributed by atoms with E-state index in [2.05, 4.69) is 15.8 Å². The molecule has 0 aliphatic carbocycles. The molecule has 0 saturated carbocycles. The summed E-state index contributed by atoms with van der Waals surface area (Å²) < 4.78 is 0. The van der Waals surface area contributed by atoms with Crippen molar-refractivity contribution in [3.05, 3.63) is 35.9 Å². The average Bonchev–Trinajstić information content (AvgIpc) is 3.09. The number of rotatable bonds is 11. The average molecular weight is 403 g/mol. The van der Waals surface area contributed by atoms with Gasteiger partial charge in [-0.05, 0) is 5.56 Å². The van der Waals surface area contributed by atoms with Gasteiger partial charge in [0.2, 0.25) is 17.7 Å². The molecule has 2 N–H and O–H groups in total. The molecule has 1 heterocycles. The maximum atomic E-state index is 13.2. The summed E-state index contributed by atoms with van der Waals surface area (Å²) in [4.78, 5) is 59.9. The molecule has 1 aliphatic heterocycles. The molecule has 0 saturated heterocycles. The molecule has 0 aromatic heterocycles. The number of aldehydes is 1. The van der Waals surface area contributed by atoms with Gasteiger partial charge >= 0.3 is 0 Å². The van der Waals surface area contributed by atoms with Gasteiger partial charge < -0.3 is 15.0 Å². The fourth-order valence-corrected chi connectivity index (χ4v) is 2.95. The molecule has 10 nitrogen and oxygen atoms in total. The molecule has 3 amide bonds. The van der Waals surface area contributed by atoms with Crippen LogP contribution >= 0.6 is 0 Å². The quantitative estimate of drug-likeness (QED) is 0.352. The molecule has 1 atom stereocenters. The Morgan fingerprint density at radius 1 is 1.34 bits per heavy atom. The normalized spacial score (nSPS) is 14.3. The molecule has 1 aliphatic rings. The second-order valence-corrected chi connectivity index (χ2v) is 6.36. The Morgan fingerprint density at radius 2 is 2.07 bits per heavy atom. The van der Waals surface area contributed by atoms with E-state index in [4.69, 9.17) is 4.84 Å². The van der Waals surface area contributed by atoms with Crippen LogP contribution in [0.5, 0.6) is 0 Å². The maximum absolute atomic E-state index is 13.2. The molecule has 0 bridgehead atoms. The van der Waals surface area contributed by atoms with E-state index in [1.165, 1.54) is 16.8 Å². The van der Waals surface area contributed by atoms with Crippen LogP contribution in [0.3, 0.4) is 0 Å². The lowest BCUT2D eigenvalue weighted by molar-refractivity contribution is -0.142. The summed E-state index contributed by atoms with van der Waals surface area (Å²) in [5.74, 6) is -0.848. The van der Waals surface area contributed by atoms with Crippen molar-refractivity contribution in [1.29, 1.82) is 0 Å². The van der Waals surface area contributed by atoms with Crippen LogP contribution in [0.15, 0.2) is 35.3 Å². The molecule has 10 heteroatoms. The van der Waals surface area contributed by atoms with Gasteiger partial charge in [-0.25, -0.2) is 5.48 Å². The first-order valence-electron chi connectivity index (χ1n) is 9.11. The number of hydrogen-bond acceptors (Lipinski definition) is 7. The van der Waals surface area contributed by atoms with Crippen LogP contribution < -0.4 is 10.8 Å². The third kappa shape index (κ3) is 6.19. The lowest BCUT2D eigenvalue weighted by Gasteiger charge is -2.31. The van der Waals surface area contributed by atoms with Gasteiger partial charge in [0.25, 0.3) is 0 Å². The highest BCUT2D eigenvalue weighted by atomic mass is 16.6. The number of likely N-dealkylation sites (N-methyl/N-ethyl adjacent to an activating group) is 1. The third-order valence-corrected chi connectivity index (χ3v) is 4.30. The Kier molecular flexibility index (Phi) is 8.44. The van der Waals surface area contributed by atoms with Gasteiger partial charge in [-0.3, -0.25) is 29.1 Å². The molecule has 0 radical (unpaired) electrons. The highest BCUT2D eigenvalue weighted by molar-refractivity contribution is 6.08. The van der Waals surface area contributed by atoms with E-state index in [-0.39, 0.29) is 38.6 Å². The lowest BCUT2D eigenvalue weighted by atomic mass is 10.0. The van der Waals surface area contributed by atoms with Gasteiger partial charge in [0.1, 0.15) is 31.3 Å². The Morgan fingerprint density at radius 3 is 2.72 bits per heavy atom. The van der Waals surface area contributed by atoms with E-state index in [1.807, 2.05) is 30.3 Å². The summed E-state index contributed by atoms with van der Waals surface area (Å²) >= 11 is 0. The first kappa shape index (κ1) is 22.2. The smallest absolute Gasteiger partial charge is 0.250 e. The molecule has 2 rings (SSSR count). The minimum absolute atomic E-state index is 0.0182. The molecular formula is C19H25N5O5. The number of nitrogens with zero attached hydrogens (tertiary/aromatic N) is 3. The number of nitrogens with one attached hydrogen (secondary N) is 2. The van der Waals surface area contributed by atoms with Crippen LogP contribution in [0, 0.1) is 0 Å². The number of hydrogen-bond donors (Lipinski definition) is 2. The van der Waals surface area contributed by atoms with Crippen molar-refractivity contribution in [3.8, 4) is 0 Å². The summed E-state index contributed by atoms with van der Waals surface area (Å²) in [6.45, 7) is -0.411. The lowest BCUT2D eigenvalue weighted by Crippen LogP contribution is -2.54. The Labute approximate surface area is 168 Å². The fourth-order valence-electron chi connectivity index (χ4n) is 2.95. The number of hydroxylamine groups is 1. The van der Waals surface area contributed by atoms with E-state index in [0.717, 1.165) is 5.56 Å². The number of carbonyl (C=O) groups is 4. The zero-order valence-corrected chi connectivity index (χ0v) is 16.5. The summed E-state index contributed by atoms with van der Waals surface area (Å²) in [6.07, 6.45) is 0.815. The van der Waals surface area contributed by atoms with Crippen LogP contribution in [0.1, 0.15) is 5.56 Å². The minimum Gasteiger partial charge on any atom is -0.348 e. The maximum Gasteiger partial charge on any atom is 0.250 e. The second kappa shape index (κ2) is 11.0. The minimum atomic E-state index is -0.879. The van der Waals surface area contributed by atoms with Gasteiger partial charge in [0, 0.05) is 20.5 Å². The van der Waals surface area contributed by atoms with Crippen molar-refractivity contribution in [1.82, 2.24) is 20.6 Å². The fraction of sp³-hybridized carbons (Fsp3) is 0.421. The van der Waals surface area contributed by atoms with Crippen LogP contribution in [-0.2, 0) is 30.4 Å². The van der Waals surface area contributed by atoms with Crippen molar-refractivity contribution < 1.29 is 24.0 Å². The van der Waals surface area contributed by atoms with Gasteiger partial charge in [-0.2, -0.15) is 0 Å². The van der Waals surface area contributed by atoms with Crippen molar-refractivity contribution in [2.24, 2.45) is 4.99 Å². The Bertz CT molecular complexity index is 768. The summed E-state index contributed by atoms with van der Waals surface area (Å²) in [6, 6.07) is 8.39. The summed E-state index contributed by atoms with van der Waals surface area (Å²) in [7, 11) is 3.06. The van der Waals surface area contributed by atoms with Gasteiger partial charge in [-0.15, -0.1) is 0 Å². The molecule has 0 spiro atoms. The first-order chi connectivity index (χ1) is 14.0. The van der Waals surface area contributed by atoms with Crippen LogP contribution in [0.4, 0.5) is 0 Å². The van der Waals surface area contributed by atoms with Crippen LogP contribution in [0.25, 0.3) is 0 Å². The van der Waals surface area contributed by atoms with Crippen LogP contribution in [-0.4, -0.2) is 86.0 Å². The largest absolute Gasteiger partial charge is 0.348 e. The van der Waals surface area contributed by atoms with Crippen molar-refractivity contribution >= 4 is 29.8 Å². The van der Waals surface area contributed by atoms with Gasteiger partial charge in [0.15, 0.2) is 0 Å². The number of benzene rings is 1. The molecule has 1 aromatic rings. The van der Waals surface area contributed by atoms with Crippen molar-refractivity contribution in [2.45, 2.75) is 12.5 Å². The monoisotopic (exact) mass is 403 g/mol. The standard InChI is InChI=1S/C19H25N5O5/c1-20-29-13-16-22-11-18(27)24(16)15(10-14-6-4-3-5-7-14)19(28)23(2)12-17(26)21-8-9-25/h3-7,9,15,20H,8,10-13H2,1-2H3,(H,21,26). The predicted octanol–water partition coefficient (Wildman–Crippen LogP) is -1.24. The SMILES string of the molecule is CNOCC1=NCC(=O)N1C(Cc1ccccc1)C(=O)N(C)CC(=O)NCC=O. The predicted molar refractivity (Wildman–Crippen MR) is 105 cm³/mol. The van der Waals surface area contributed by atoms with E-state index in [9.17, 15) is 19.2 Å². The zero-order chi connectivity index (χ0) is 21.2. The Hall–Kier alpha value is -3.11.